The lowest BCUT2D eigenvalue weighted by Crippen LogP contribution is -1.95. The Morgan fingerprint density at radius 1 is 1.38 bits per heavy atom. The fraction of sp³-hybridized carbons (Fsp3) is 0.182. The van der Waals surface area contributed by atoms with E-state index in [2.05, 4.69) is 0 Å². The minimum absolute atomic E-state index is 0.244. The normalized spacial score (nSPS) is 11.3. The Labute approximate surface area is 78.0 Å². The van der Waals surface area contributed by atoms with E-state index < -0.39 is 0 Å². The summed E-state index contributed by atoms with van der Waals surface area (Å²) in [7, 11) is 0. The van der Waals surface area contributed by atoms with E-state index in [-0.39, 0.29) is 5.76 Å². The van der Waals surface area contributed by atoms with Crippen molar-refractivity contribution >= 4 is 5.71 Å². The van der Waals surface area contributed by atoms with Crippen molar-refractivity contribution in [3.63, 3.8) is 0 Å². The summed E-state index contributed by atoms with van der Waals surface area (Å²) in [6.07, 6.45) is 2.05. The molecule has 0 saturated heterocycles. The Bertz CT molecular complexity index is 314. The molecule has 0 unspecified atom stereocenters. The molecular formula is C11H13NO. The highest BCUT2D eigenvalue weighted by molar-refractivity contribution is 6.06. The molecule has 0 atom stereocenters. The van der Waals surface area contributed by atoms with Gasteiger partial charge in [0.25, 0.3) is 0 Å². The van der Waals surface area contributed by atoms with Crippen molar-refractivity contribution < 1.29 is 5.11 Å². The predicted molar refractivity (Wildman–Crippen MR) is 54.3 cm³/mol. The van der Waals surface area contributed by atoms with Crippen LogP contribution in [-0.2, 0) is 0 Å². The molecule has 2 nitrogen and oxygen atoms in total. The number of nitrogens with one attached hydrogen (secondary N) is 1. The lowest BCUT2D eigenvalue weighted by Gasteiger charge is -1.98. The molecule has 0 aromatic heterocycles. The number of rotatable bonds is 3. The number of aliphatic hydroxyl groups is 1. The van der Waals surface area contributed by atoms with Crippen LogP contribution < -0.4 is 0 Å². The highest BCUT2D eigenvalue weighted by Gasteiger charge is 1.97. The van der Waals surface area contributed by atoms with Crippen LogP contribution in [-0.4, -0.2) is 10.8 Å². The molecule has 0 fully saturated rings. The van der Waals surface area contributed by atoms with Gasteiger partial charge in [-0.05, 0) is 5.56 Å². The van der Waals surface area contributed by atoms with Crippen molar-refractivity contribution in [3.8, 4) is 0 Å². The Kier molecular flexibility index (Phi) is 3.26. The Balaban J connectivity index is 2.81. The Hall–Kier alpha value is -1.57. The summed E-state index contributed by atoms with van der Waals surface area (Å²) in [5.74, 6) is 0.244. The molecule has 0 aliphatic heterocycles. The number of hydrogen-bond donors (Lipinski definition) is 2. The quantitative estimate of drug-likeness (QED) is 0.538. The summed E-state index contributed by atoms with van der Waals surface area (Å²) < 4.78 is 0. The topological polar surface area (TPSA) is 44.1 Å². The van der Waals surface area contributed by atoms with Gasteiger partial charge in [0.2, 0.25) is 0 Å². The molecule has 1 rings (SSSR count). The summed E-state index contributed by atoms with van der Waals surface area (Å²) in [6, 6.07) is 9.35. The van der Waals surface area contributed by atoms with E-state index in [0.29, 0.717) is 12.1 Å². The zero-order chi connectivity index (χ0) is 9.68. The van der Waals surface area contributed by atoms with Gasteiger partial charge in [0.15, 0.2) is 0 Å². The first-order valence-corrected chi connectivity index (χ1v) is 4.27. The van der Waals surface area contributed by atoms with Crippen molar-refractivity contribution in [2.75, 3.05) is 0 Å². The molecule has 2 N–H and O–H groups in total. The molecule has 0 spiro atoms. The molecule has 0 amide bonds. The van der Waals surface area contributed by atoms with E-state index in [1.165, 1.54) is 6.08 Å². The molecule has 1 aromatic carbocycles. The maximum Gasteiger partial charge on any atom is 0.0941 e. The summed E-state index contributed by atoms with van der Waals surface area (Å²) in [4.78, 5) is 0. The van der Waals surface area contributed by atoms with Gasteiger partial charge in [0, 0.05) is 12.5 Å². The molecule has 0 aliphatic rings. The van der Waals surface area contributed by atoms with Crippen molar-refractivity contribution in [1.29, 1.82) is 5.41 Å². The number of allylic oxidation sites excluding steroid dienone is 2. The van der Waals surface area contributed by atoms with Gasteiger partial charge in [-0.1, -0.05) is 37.3 Å². The van der Waals surface area contributed by atoms with Crippen LogP contribution in [0.15, 0.2) is 42.2 Å². The zero-order valence-corrected chi connectivity index (χ0v) is 7.62. The van der Waals surface area contributed by atoms with Gasteiger partial charge in [-0.2, -0.15) is 0 Å². The fourth-order valence-corrected chi connectivity index (χ4v) is 0.970. The molecule has 13 heavy (non-hydrogen) atoms. The van der Waals surface area contributed by atoms with E-state index in [9.17, 15) is 5.11 Å². The highest BCUT2D eigenvalue weighted by atomic mass is 16.3. The second kappa shape index (κ2) is 4.45. The van der Waals surface area contributed by atoms with Crippen molar-refractivity contribution in [1.82, 2.24) is 0 Å². The smallest absolute Gasteiger partial charge is 0.0941 e. The average molecular weight is 175 g/mol. The minimum atomic E-state index is 0.244. The second-order valence-electron chi connectivity index (χ2n) is 2.77. The monoisotopic (exact) mass is 175 g/mol. The van der Waals surface area contributed by atoms with Crippen LogP contribution in [0.5, 0.6) is 0 Å². The summed E-state index contributed by atoms with van der Waals surface area (Å²) in [5.41, 5.74) is 1.17. The van der Waals surface area contributed by atoms with Crippen LogP contribution in [0.1, 0.15) is 18.9 Å². The Morgan fingerprint density at radius 3 is 2.54 bits per heavy atom. The molecular weight excluding hydrogens is 162 g/mol. The van der Waals surface area contributed by atoms with Crippen molar-refractivity contribution in [2.24, 2.45) is 0 Å². The number of benzene rings is 1. The summed E-state index contributed by atoms with van der Waals surface area (Å²) in [5, 5.41) is 16.8. The summed E-state index contributed by atoms with van der Waals surface area (Å²) >= 11 is 0. The van der Waals surface area contributed by atoms with E-state index in [0.717, 1.165) is 5.56 Å². The van der Waals surface area contributed by atoms with Crippen LogP contribution in [0.25, 0.3) is 0 Å². The third kappa shape index (κ3) is 2.75. The zero-order valence-electron chi connectivity index (χ0n) is 7.62. The van der Waals surface area contributed by atoms with Gasteiger partial charge in [-0.15, -0.1) is 0 Å². The largest absolute Gasteiger partial charge is 0.512 e. The third-order valence-corrected chi connectivity index (χ3v) is 1.76. The van der Waals surface area contributed by atoms with Gasteiger partial charge >= 0.3 is 0 Å². The lowest BCUT2D eigenvalue weighted by atomic mass is 10.1. The first-order chi connectivity index (χ1) is 6.24. The maximum atomic E-state index is 9.21. The summed E-state index contributed by atoms with van der Waals surface area (Å²) in [6.45, 7) is 1.85. The van der Waals surface area contributed by atoms with E-state index >= 15 is 0 Å². The van der Waals surface area contributed by atoms with Crippen LogP contribution in [0, 0.1) is 5.41 Å². The van der Waals surface area contributed by atoms with Crippen molar-refractivity contribution in [2.45, 2.75) is 13.3 Å². The lowest BCUT2D eigenvalue weighted by molar-refractivity contribution is 0.395. The molecule has 0 bridgehead atoms. The molecule has 0 aliphatic carbocycles. The van der Waals surface area contributed by atoms with Crippen LogP contribution in [0.3, 0.4) is 0 Å². The van der Waals surface area contributed by atoms with Gasteiger partial charge in [0.1, 0.15) is 0 Å². The molecule has 68 valence electrons. The second-order valence-corrected chi connectivity index (χ2v) is 2.77. The van der Waals surface area contributed by atoms with Crippen molar-refractivity contribution in [3.05, 3.63) is 47.7 Å². The molecule has 1 aromatic rings. The molecule has 2 heteroatoms. The van der Waals surface area contributed by atoms with Gasteiger partial charge in [0.05, 0.1) is 11.5 Å². The van der Waals surface area contributed by atoms with Gasteiger partial charge in [-0.3, -0.25) is 0 Å². The standard InChI is InChI=1S/C11H13NO/c1-2-10(13)8-11(12)9-6-4-3-5-7-9/h3-8,12-13H,2H2,1H3/b10-8-,12-11?. The van der Waals surface area contributed by atoms with Crippen LogP contribution in [0.4, 0.5) is 0 Å². The van der Waals surface area contributed by atoms with E-state index in [1.54, 1.807) is 0 Å². The first-order valence-electron chi connectivity index (χ1n) is 4.27. The highest BCUT2D eigenvalue weighted by Crippen LogP contribution is 2.03. The molecule has 0 radical (unpaired) electrons. The van der Waals surface area contributed by atoms with E-state index in [4.69, 9.17) is 5.41 Å². The molecule has 0 heterocycles. The van der Waals surface area contributed by atoms with Gasteiger partial charge in [-0.25, -0.2) is 0 Å². The minimum Gasteiger partial charge on any atom is -0.512 e. The van der Waals surface area contributed by atoms with E-state index in [1.807, 2.05) is 37.3 Å². The maximum absolute atomic E-state index is 9.21. The van der Waals surface area contributed by atoms with Crippen LogP contribution in [0.2, 0.25) is 0 Å². The van der Waals surface area contributed by atoms with Crippen LogP contribution >= 0.6 is 0 Å². The first kappa shape index (κ1) is 9.52. The molecule has 0 saturated carbocycles. The predicted octanol–water partition coefficient (Wildman–Crippen LogP) is 2.91. The average Bonchev–Trinajstić information content (AvgIpc) is 2.19. The SMILES string of the molecule is CC/C(O)=C/C(=N)c1ccccc1. The third-order valence-electron chi connectivity index (χ3n) is 1.76. The number of hydrogen-bond acceptors (Lipinski definition) is 2. The fourth-order valence-electron chi connectivity index (χ4n) is 0.970. The number of aliphatic hydroxyl groups excluding tert-OH is 1. The van der Waals surface area contributed by atoms with Gasteiger partial charge < -0.3 is 10.5 Å². The Morgan fingerprint density at radius 2 is 2.00 bits per heavy atom.